The second kappa shape index (κ2) is 10.6. The molecular formula is C20H25ClN5O2-. The summed E-state index contributed by atoms with van der Waals surface area (Å²) in [5.41, 5.74) is 1.95. The summed E-state index contributed by atoms with van der Waals surface area (Å²) in [7, 11) is 1.62. The summed E-state index contributed by atoms with van der Waals surface area (Å²) in [6.45, 7) is 6.22. The van der Waals surface area contributed by atoms with Crippen LogP contribution < -0.4 is 27.2 Å². The molecule has 0 amide bonds. The normalized spacial score (nSPS) is 10.6. The topological polar surface area (TPSA) is 74.1 Å². The van der Waals surface area contributed by atoms with Crippen LogP contribution in [0, 0.1) is 5.92 Å². The van der Waals surface area contributed by atoms with Crippen LogP contribution in [0.2, 0.25) is 0 Å². The number of para-hydroxylation sites is 1. The van der Waals surface area contributed by atoms with Gasteiger partial charge in [-0.1, -0.05) is 43.2 Å². The van der Waals surface area contributed by atoms with Crippen molar-refractivity contribution in [3.05, 3.63) is 54.1 Å². The van der Waals surface area contributed by atoms with Crippen LogP contribution >= 0.6 is 0 Å². The number of halogens is 1. The monoisotopic (exact) mass is 402 g/mol. The van der Waals surface area contributed by atoms with Gasteiger partial charge in [-0.3, -0.25) is 0 Å². The summed E-state index contributed by atoms with van der Waals surface area (Å²) < 4.78 is 13.0. The molecule has 1 heterocycles. The number of methoxy groups -OCH3 is 1. The van der Waals surface area contributed by atoms with E-state index in [2.05, 4.69) is 34.7 Å². The number of rotatable bonds is 9. The number of benzene rings is 2. The number of aromatic nitrogens is 4. The number of nitrogens with one attached hydrogen (secondary N) is 1. The fourth-order valence-electron chi connectivity index (χ4n) is 2.60. The summed E-state index contributed by atoms with van der Waals surface area (Å²) in [6, 6.07) is 15.7. The molecule has 0 aliphatic rings. The first kappa shape index (κ1) is 21.7. The van der Waals surface area contributed by atoms with Gasteiger partial charge in [-0.05, 0) is 59.1 Å². The molecule has 0 saturated heterocycles. The largest absolute Gasteiger partial charge is 1.00 e. The van der Waals surface area contributed by atoms with Crippen molar-refractivity contribution in [3.8, 4) is 23.2 Å². The number of hydrogen-bond acceptors (Lipinski definition) is 6. The lowest BCUT2D eigenvalue weighted by atomic mass is 10.1. The Labute approximate surface area is 171 Å². The van der Waals surface area contributed by atoms with Gasteiger partial charge < -0.3 is 27.2 Å². The minimum absolute atomic E-state index is 0. The number of hydrogen-bond donors (Lipinski definition) is 1. The quantitative estimate of drug-likeness (QED) is 0.528. The van der Waals surface area contributed by atoms with Crippen LogP contribution in [-0.2, 0) is 6.54 Å². The molecule has 3 aromatic rings. The van der Waals surface area contributed by atoms with E-state index in [9.17, 15) is 0 Å². The molecule has 1 N–H and O–H groups in total. The number of tetrazole rings is 1. The second-order valence-electron chi connectivity index (χ2n) is 6.66. The predicted octanol–water partition coefficient (Wildman–Crippen LogP) is 0.603. The highest BCUT2D eigenvalue weighted by molar-refractivity contribution is 5.44. The highest BCUT2D eigenvalue weighted by Gasteiger charge is 2.14. The Balaban J connectivity index is 0.00000280. The molecule has 0 radical (unpaired) electrons. The average molecular weight is 403 g/mol. The van der Waals surface area contributed by atoms with Gasteiger partial charge in [-0.2, -0.15) is 4.68 Å². The van der Waals surface area contributed by atoms with Gasteiger partial charge in [0.05, 0.1) is 12.8 Å². The van der Waals surface area contributed by atoms with E-state index >= 15 is 0 Å². The maximum Gasteiger partial charge on any atom is 0.346 e. The third-order valence-corrected chi connectivity index (χ3v) is 4.10. The molecule has 0 saturated carbocycles. The van der Waals surface area contributed by atoms with Crippen molar-refractivity contribution in [2.45, 2.75) is 26.8 Å². The highest BCUT2D eigenvalue weighted by atomic mass is 35.5. The van der Waals surface area contributed by atoms with Crippen LogP contribution in [-0.4, -0.2) is 33.9 Å². The van der Waals surface area contributed by atoms with Gasteiger partial charge >= 0.3 is 6.01 Å². The number of nitrogens with zero attached hydrogens (tertiary/aromatic N) is 4. The van der Waals surface area contributed by atoms with Crippen molar-refractivity contribution in [1.82, 2.24) is 25.5 Å². The lowest BCUT2D eigenvalue weighted by Crippen LogP contribution is -3.00. The lowest BCUT2D eigenvalue weighted by Gasteiger charge is -2.12. The molecule has 0 spiro atoms. The van der Waals surface area contributed by atoms with E-state index < -0.39 is 0 Å². The van der Waals surface area contributed by atoms with Gasteiger partial charge in [0.25, 0.3) is 0 Å². The summed E-state index contributed by atoms with van der Waals surface area (Å²) in [5.74, 6) is 1.90. The van der Waals surface area contributed by atoms with Crippen LogP contribution in [0.3, 0.4) is 0 Å². The molecule has 0 atom stereocenters. The van der Waals surface area contributed by atoms with Crippen molar-refractivity contribution in [3.63, 3.8) is 0 Å². The first-order chi connectivity index (χ1) is 13.2. The standard InChI is InChI=1S/C20H25N5O2.ClH/c1-15(2)11-12-21-14-16-9-10-18(19(13-16)26-3)27-20-22-23-24-25(20)17-7-5-4-6-8-17;/h4-10,13,15,21H,11-12,14H2,1-3H3;1H/p-1. The van der Waals surface area contributed by atoms with Gasteiger partial charge in [0.1, 0.15) is 0 Å². The van der Waals surface area contributed by atoms with Gasteiger partial charge in [-0.15, -0.1) is 0 Å². The van der Waals surface area contributed by atoms with Gasteiger partial charge in [0, 0.05) is 6.54 Å². The lowest BCUT2D eigenvalue weighted by molar-refractivity contribution is -0.00000672. The van der Waals surface area contributed by atoms with Crippen molar-refractivity contribution < 1.29 is 21.9 Å². The third-order valence-electron chi connectivity index (χ3n) is 4.10. The van der Waals surface area contributed by atoms with E-state index in [0.29, 0.717) is 17.4 Å². The summed E-state index contributed by atoms with van der Waals surface area (Å²) >= 11 is 0. The average Bonchev–Trinajstić information content (AvgIpc) is 3.15. The molecule has 8 heteroatoms. The molecule has 0 fully saturated rings. The van der Waals surface area contributed by atoms with Crippen LogP contribution in [0.5, 0.6) is 17.5 Å². The minimum atomic E-state index is 0. The van der Waals surface area contributed by atoms with Gasteiger partial charge in [-0.25, -0.2) is 0 Å². The van der Waals surface area contributed by atoms with Crippen LogP contribution in [0.1, 0.15) is 25.8 Å². The maximum absolute atomic E-state index is 5.92. The first-order valence-electron chi connectivity index (χ1n) is 9.06. The van der Waals surface area contributed by atoms with E-state index in [0.717, 1.165) is 30.8 Å². The first-order valence-corrected chi connectivity index (χ1v) is 9.06. The zero-order valence-electron chi connectivity index (χ0n) is 16.3. The molecule has 28 heavy (non-hydrogen) atoms. The van der Waals surface area contributed by atoms with Gasteiger partial charge in [0.2, 0.25) is 0 Å². The minimum Gasteiger partial charge on any atom is -1.00 e. The second-order valence-corrected chi connectivity index (χ2v) is 6.66. The Morgan fingerprint density at radius 2 is 1.86 bits per heavy atom. The Morgan fingerprint density at radius 3 is 2.57 bits per heavy atom. The molecule has 2 aromatic carbocycles. The summed E-state index contributed by atoms with van der Waals surface area (Å²) in [5, 5.41) is 15.1. The Hall–Kier alpha value is -2.64. The van der Waals surface area contributed by atoms with Crippen molar-refractivity contribution >= 4 is 0 Å². The van der Waals surface area contributed by atoms with Crippen LogP contribution in [0.25, 0.3) is 5.69 Å². The smallest absolute Gasteiger partial charge is 0.346 e. The van der Waals surface area contributed by atoms with Crippen molar-refractivity contribution in [1.29, 1.82) is 0 Å². The molecule has 7 nitrogen and oxygen atoms in total. The molecule has 1 aromatic heterocycles. The van der Waals surface area contributed by atoms with Crippen molar-refractivity contribution in [2.75, 3.05) is 13.7 Å². The van der Waals surface area contributed by atoms with E-state index in [1.807, 2.05) is 48.5 Å². The molecular weight excluding hydrogens is 378 g/mol. The fraction of sp³-hybridized carbons (Fsp3) is 0.350. The third kappa shape index (κ3) is 5.68. The molecule has 0 aliphatic carbocycles. The Kier molecular flexibility index (Phi) is 8.22. The van der Waals surface area contributed by atoms with Crippen LogP contribution in [0.15, 0.2) is 48.5 Å². The Morgan fingerprint density at radius 1 is 1.07 bits per heavy atom. The van der Waals surface area contributed by atoms with E-state index in [-0.39, 0.29) is 18.4 Å². The summed E-state index contributed by atoms with van der Waals surface area (Å²) in [4.78, 5) is 0. The molecule has 0 aliphatic heterocycles. The Bertz CT molecular complexity index is 855. The molecule has 0 bridgehead atoms. The molecule has 3 rings (SSSR count). The van der Waals surface area contributed by atoms with Crippen molar-refractivity contribution in [2.24, 2.45) is 5.92 Å². The van der Waals surface area contributed by atoms with Crippen LogP contribution in [0.4, 0.5) is 0 Å². The van der Waals surface area contributed by atoms with E-state index in [4.69, 9.17) is 9.47 Å². The molecule has 0 unspecified atom stereocenters. The van der Waals surface area contributed by atoms with E-state index in [1.54, 1.807) is 11.8 Å². The fourth-order valence-corrected chi connectivity index (χ4v) is 2.60. The maximum atomic E-state index is 5.92. The zero-order chi connectivity index (χ0) is 19.1. The SMILES string of the molecule is COc1cc(CNCCC(C)C)ccc1Oc1nnnn1-c1ccccc1.[Cl-]. The van der Waals surface area contributed by atoms with Gasteiger partial charge in [0.15, 0.2) is 11.5 Å². The van der Waals surface area contributed by atoms with E-state index in [1.165, 1.54) is 0 Å². The molecule has 150 valence electrons. The number of ether oxygens (including phenoxy) is 2. The zero-order valence-corrected chi connectivity index (χ0v) is 17.1. The highest BCUT2D eigenvalue weighted by Crippen LogP contribution is 2.32. The predicted molar refractivity (Wildman–Crippen MR) is 103 cm³/mol. The summed E-state index contributed by atoms with van der Waals surface area (Å²) in [6.07, 6.45) is 1.15.